The van der Waals surface area contributed by atoms with E-state index in [9.17, 15) is 9.59 Å². The standard InChI is InChI=1S/C14H19NO2S2/c1-9(16)8-13(18)15-14(17)12-6-4-11(5-7-12)10(2)19-3/h4-7,10,13,18H,8H2,1-3H3,(H,15,17)/t10?,13-/m0/s1. The number of benzene rings is 1. The van der Waals surface area contributed by atoms with E-state index in [2.05, 4.69) is 31.1 Å². The summed E-state index contributed by atoms with van der Waals surface area (Å²) in [7, 11) is 0. The van der Waals surface area contributed by atoms with Gasteiger partial charge in [0.25, 0.3) is 5.91 Å². The largest absolute Gasteiger partial charge is 0.340 e. The SMILES string of the molecule is CSC(C)c1ccc(C(=O)N[C@@H](S)CC(C)=O)cc1. The van der Waals surface area contributed by atoms with E-state index in [1.807, 2.05) is 12.1 Å². The Kier molecular flexibility index (Phi) is 6.45. The summed E-state index contributed by atoms with van der Waals surface area (Å²) < 4.78 is 0. The molecule has 3 nitrogen and oxygen atoms in total. The molecule has 0 aliphatic heterocycles. The third-order valence-electron chi connectivity index (χ3n) is 2.77. The number of hydrogen-bond acceptors (Lipinski definition) is 4. The van der Waals surface area contributed by atoms with Crippen LogP contribution in [0.1, 0.15) is 41.4 Å². The monoisotopic (exact) mass is 297 g/mol. The van der Waals surface area contributed by atoms with Gasteiger partial charge in [-0.05, 0) is 37.8 Å². The van der Waals surface area contributed by atoms with Gasteiger partial charge >= 0.3 is 0 Å². The van der Waals surface area contributed by atoms with Crippen molar-refractivity contribution in [1.29, 1.82) is 0 Å². The fourth-order valence-corrected chi connectivity index (χ4v) is 2.40. The van der Waals surface area contributed by atoms with Crippen LogP contribution in [0.4, 0.5) is 0 Å². The molecule has 1 aromatic carbocycles. The maximum Gasteiger partial charge on any atom is 0.252 e. The van der Waals surface area contributed by atoms with Crippen LogP contribution in [0, 0.1) is 0 Å². The first kappa shape index (κ1) is 16.1. The molecule has 0 bridgehead atoms. The topological polar surface area (TPSA) is 46.2 Å². The third-order valence-corrected chi connectivity index (χ3v) is 4.07. The molecular formula is C14H19NO2S2. The number of nitrogens with one attached hydrogen (secondary N) is 1. The highest BCUT2D eigenvalue weighted by molar-refractivity contribution is 7.98. The Balaban J connectivity index is 2.65. The van der Waals surface area contributed by atoms with Gasteiger partial charge in [0.05, 0.1) is 5.37 Å². The molecule has 0 spiro atoms. The van der Waals surface area contributed by atoms with Crippen LogP contribution in [0.5, 0.6) is 0 Å². The van der Waals surface area contributed by atoms with Crippen molar-refractivity contribution in [3.05, 3.63) is 35.4 Å². The zero-order chi connectivity index (χ0) is 14.4. The summed E-state index contributed by atoms with van der Waals surface area (Å²) in [6.07, 6.45) is 2.29. The van der Waals surface area contributed by atoms with E-state index in [-0.39, 0.29) is 18.1 Å². The molecule has 5 heteroatoms. The Morgan fingerprint density at radius 3 is 2.37 bits per heavy atom. The number of hydrogen-bond donors (Lipinski definition) is 2. The second kappa shape index (κ2) is 7.60. The first-order valence-corrected chi connectivity index (χ1v) is 7.85. The number of carbonyl (C=O) groups is 2. The molecule has 1 amide bonds. The van der Waals surface area contributed by atoms with Crippen molar-refractivity contribution in [1.82, 2.24) is 5.32 Å². The van der Waals surface area contributed by atoms with Gasteiger partial charge < -0.3 is 5.32 Å². The van der Waals surface area contributed by atoms with E-state index in [1.165, 1.54) is 12.5 Å². The molecule has 104 valence electrons. The second-order valence-electron chi connectivity index (χ2n) is 4.40. The first-order valence-electron chi connectivity index (χ1n) is 6.05. The fourth-order valence-electron chi connectivity index (χ4n) is 1.60. The smallest absolute Gasteiger partial charge is 0.252 e. The lowest BCUT2D eigenvalue weighted by atomic mass is 10.1. The average Bonchev–Trinajstić information content (AvgIpc) is 2.36. The Labute approximate surface area is 124 Å². The van der Waals surface area contributed by atoms with Crippen LogP contribution < -0.4 is 5.32 Å². The van der Waals surface area contributed by atoms with Crippen molar-refractivity contribution >= 4 is 36.1 Å². The van der Waals surface area contributed by atoms with Gasteiger partial charge in [-0.25, -0.2) is 0 Å². The highest BCUT2D eigenvalue weighted by Crippen LogP contribution is 2.25. The van der Waals surface area contributed by atoms with Gasteiger partial charge in [-0.2, -0.15) is 24.4 Å². The predicted octanol–water partition coefficient (Wildman–Crippen LogP) is 3.08. The average molecular weight is 297 g/mol. The Morgan fingerprint density at radius 1 is 1.32 bits per heavy atom. The van der Waals surface area contributed by atoms with Crippen LogP contribution in [0.3, 0.4) is 0 Å². The van der Waals surface area contributed by atoms with E-state index in [1.54, 1.807) is 23.9 Å². The van der Waals surface area contributed by atoms with Gasteiger partial charge in [0, 0.05) is 17.2 Å². The van der Waals surface area contributed by atoms with Gasteiger partial charge in [0.2, 0.25) is 0 Å². The van der Waals surface area contributed by atoms with Crippen LogP contribution in [0.2, 0.25) is 0 Å². The van der Waals surface area contributed by atoms with E-state index in [0.29, 0.717) is 10.8 Å². The van der Waals surface area contributed by atoms with Crippen LogP contribution in [0.25, 0.3) is 0 Å². The highest BCUT2D eigenvalue weighted by Gasteiger charge is 2.12. The summed E-state index contributed by atoms with van der Waals surface area (Å²) in [5.41, 5.74) is 1.77. The second-order valence-corrected chi connectivity index (χ2v) is 6.20. The molecule has 1 N–H and O–H groups in total. The lowest BCUT2D eigenvalue weighted by Crippen LogP contribution is -2.32. The summed E-state index contributed by atoms with van der Waals surface area (Å²) in [5.74, 6) is -0.200. The summed E-state index contributed by atoms with van der Waals surface area (Å²) in [5, 5.41) is 2.66. The van der Waals surface area contributed by atoms with E-state index in [4.69, 9.17) is 0 Å². The molecule has 0 saturated heterocycles. The van der Waals surface area contributed by atoms with Crippen LogP contribution in [-0.2, 0) is 4.79 Å². The van der Waals surface area contributed by atoms with Crippen LogP contribution in [0.15, 0.2) is 24.3 Å². The number of carbonyl (C=O) groups excluding carboxylic acids is 2. The van der Waals surface area contributed by atoms with Gasteiger partial charge in [-0.3, -0.25) is 9.59 Å². The number of rotatable bonds is 6. The summed E-state index contributed by atoms with van der Waals surface area (Å²) >= 11 is 5.93. The quantitative estimate of drug-likeness (QED) is 0.626. The molecule has 0 aliphatic carbocycles. The van der Waals surface area contributed by atoms with Gasteiger partial charge in [0.1, 0.15) is 5.78 Å². The molecule has 2 atom stereocenters. The zero-order valence-electron chi connectivity index (χ0n) is 11.3. The van der Waals surface area contributed by atoms with Crippen molar-refractivity contribution in [2.24, 2.45) is 0 Å². The van der Waals surface area contributed by atoms with E-state index < -0.39 is 5.37 Å². The molecule has 0 fully saturated rings. The van der Waals surface area contributed by atoms with Crippen molar-refractivity contribution in [2.75, 3.05) is 6.26 Å². The molecule has 0 aromatic heterocycles. The number of thiol groups is 1. The molecule has 1 unspecified atom stereocenters. The molecule has 19 heavy (non-hydrogen) atoms. The van der Waals surface area contributed by atoms with Crippen molar-refractivity contribution < 1.29 is 9.59 Å². The minimum Gasteiger partial charge on any atom is -0.340 e. The molecule has 0 radical (unpaired) electrons. The minimum absolute atomic E-state index is 0.00411. The first-order chi connectivity index (χ1) is 8.93. The van der Waals surface area contributed by atoms with E-state index in [0.717, 1.165) is 0 Å². The van der Waals surface area contributed by atoms with Crippen LogP contribution >= 0.6 is 24.4 Å². The lowest BCUT2D eigenvalue weighted by molar-refractivity contribution is -0.117. The molecule has 0 heterocycles. The van der Waals surface area contributed by atoms with Crippen LogP contribution in [-0.4, -0.2) is 23.3 Å². The maximum atomic E-state index is 11.9. The fraction of sp³-hybridized carbons (Fsp3) is 0.429. The Morgan fingerprint density at radius 2 is 1.89 bits per heavy atom. The lowest BCUT2D eigenvalue weighted by Gasteiger charge is -2.12. The van der Waals surface area contributed by atoms with Crippen molar-refractivity contribution in [3.8, 4) is 0 Å². The number of ketones is 1. The summed E-state index contributed by atoms with van der Waals surface area (Å²) in [6, 6.07) is 7.50. The highest BCUT2D eigenvalue weighted by atomic mass is 32.2. The van der Waals surface area contributed by atoms with E-state index >= 15 is 0 Å². The summed E-state index contributed by atoms with van der Waals surface area (Å²) in [4.78, 5) is 22.8. The number of amides is 1. The number of Topliss-reactive ketones (excluding diaryl/α,β-unsaturated/α-hetero) is 1. The molecule has 1 aromatic rings. The van der Waals surface area contributed by atoms with Crippen molar-refractivity contribution in [3.63, 3.8) is 0 Å². The zero-order valence-corrected chi connectivity index (χ0v) is 13.1. The Bertz CT molecular complexity index is 445. The van der Waals surface area contributed by atoms with Gasteiger partial charge in [0.15, 0.2) is 0 Å². The molecular weight excluding hydrogens is 278 g/mol. The molecule has 0 saturated carbocycles. The maximum absolute atomic E-state index is 11.9. The normalized spacial score (nSPS) is 13.7. The number of thioether (sulfide) groups is 1. The molecule has 0 aliphatic rings. The summed E-state index contributed by atoms with van der Waals surface area (Å²) in [6.45, 7) is 3.60. The van der Waals surface area contributed by atoms with Gasteiger partial charge in [-0.15, -0.1) is 0 Å². The molecule has 1 rings (SSSR count). The van der Waals surface area contributed by atoms with Gasteiger partial charge in [-0.1, -0.05) is 12.1 Å². The Hall–Kier alpha value is -0.940. The van der Waals surface area contributed by atoms with Crippen molar-refractivity contribution in [2.45, 2.75) is 30.9 Å². The minimum atomic E-state index is -0.435. The third kappa shape index (κ3) is 5.28. The predicted molar refractivity (Wildman–Crippen MR) is 83.9 cm³/mol.